The van der Waals surface area contributed by atoms with Gasteiger partial charge in [-0.3, -0.25) is 14.9 Å². The summed E-state index contributed by atoms with van der Waals surface area (Å²) in [6.45, 7) is 1.81. The van der Waals surface area contributed by atoms with Crippen LogP contribution in [0.4, 0.5) is 5.69 Å². The van der Waals surface area contributed by atoms with Crippen LogP contribution in [-0.4, -0.2) is 40.2 Å². The zero-order valence-electron chi connectivity index (χ0n) is 19.4. The van der Waals surface area contributed by atoms with E-state index in [4.69, 9.17) is 0 Å². The molecule has 4 aromatic rings. The van der Waals surface area contributed by atoms with Gasteiger partial charge in [-0.15, -0.1) is 0 Å². The highest BCUT2D eigenvalue weighted by Gasteiger charge is 2.22. The quantitative estimate of drug-likeness (QED) is 0.183. The maximum Gasteiger partial charge on any atom is 0.276 e. The van der Waals surface area contributed by atoms with Crippen LogP contribution in [0.5, 0.6) is 0 Å². The van der Waals surface area contributed by atoms with Crippen LogP contribution in [0.2, 0.25) is 0 Å². The van der Waals surface area contributed by atoms with Crippen molar-refractivity contribution in [2.75, 3.05) is 0 Å². The third-order valence-electron chi connectivity index (χ3n) is 5.30. The molecule has 0 amide bonds. The summed E-state index contributed by atoms with van der Waals surface area (Å²) < 4.78 is 25.6. The van der Waals surface area contributed by atoms with Gasteiger partial charge in [-0.05, 0) is 36.8 Å². The molecule has 0 aliphatic rings. The number of H-pyrrole nitrogens is 1. The van der Waals surface area contributed by atoms with Crippen molar-refractivity contribution in [2.24, 2.45) is 5.10 Å². The zero-order valence-corrected chi connectivity index (χ0v) is 20.2. The Balaban J connectivity index is 1.78. The third-order valence-corrected chi connectivity index (χ3v) is 6.52. The molecule has 0 unspecified atom stereocenters. The molecule has 4 rings (SSSR count). The lowest BCUT2D eigenvalue weighted by Gasteiger charge is -2.12. The summed E-state index contributed by atoms with van der Waals surface area (Å²) in [7, 11) is -4.14. The van der Waals surface area contributed by atoms with E-state index in [1.807, 2.05) is 13.0 Å². The SMILES string of the molecule is Cc1ccc(S(=O)(=O)N/N=C(\c2nc3ccc([N+](=O)[O-])cc3[nH]c2=O)[C@@H](O)/C=C/c2ccccc2)cc1. The Morgan fingerprint density at radius 3 is 2.51 bits per heavy atom. The molecule has 11 nitrogen and oxygen atoms in total. The number of aromatic amines is 1. The van der Waals surface area contributed by atoms with E-state index >= 15 is 0 Å². The molecule has 1 aromatic heterocycles. The fraction of sp³-hybridized carbons (Fsp3) is 0.0800. The number of hydrazone groups is 1. The molecule has 1 heterocycles. The minimum atomic E-state index is -4.14. The number of hydrogen-bond acceptors (Lipinski definition) is 8. The van der Waals surface area contributed by atoms with Gasteiger partial charge < -0.3 is 10.1 Å². The first-order chi connectivity index (χ1) is 17.6. The molecule has 12 heteroatoms. The molecule has 0 aliphatic carbocycles. The van der Waals surface area contributed by atoms with Crippen molar-refractivity contribution >= 4 is 38.5 Å². The Labute approximate surface area is 211 Å². The summed E-state index contributed by atoms with van der Waals surface area (Å²) in [5.74, 6) is 0. The zero-order chi connectivity index (χ0) is 26.6. The maximum atomic E-state index is 12.9. The van der Waals surface area contributed by atoms with Crippen molar-refractivity contribution in [1.82, 2.24) is 14.8 Å². The second-order valence-corrected chi connectivity index (χ2v) is 9.65. The fourth-order valence-corrected chi connectivity index (χ4v) is 4.18. The lowest BCUT2D eigenvalue weighted by molar-refractivity contribution is -0.384. The molecule has 0 bridgehead atoms. The number of hydrogen-bond donors (Lipinski definition) is 3. The largest absolute Gasteiger partial charge is 0.382 e. The Bertz CT molecular complexity index is 1680. The van der Waals surface area contributed by atoms with Gasteiger partial charge in [0.15, 0.2) is 5.69 Å². The average Bonchev–Trinajstić information content (AvgIpc) is 2.88. The van der Waals surface area contributed by atoms with E-state index in [1.165, 1.54) is 30.3 Å². The number of sulfonamides is 1. The summed E-state index contributed by atoms with van der Waals surface area (Å²) in [5, 5.41) is 25.8. The van der Waals surface area contributed by atoms with E-state index in [2.05, 4.69) is 19.9 Å². The molecule has 0 spiro atoms. The van der Waals surface area contributed by atoms with Gasteiger partial charge in [0, 0.05) is 12.1 Å². The van der Waals surface area contributed by atoms with E-state index in [-0.39, 0.29) is 33.0 Å². The molecule has 1 atom stereocenters. The Morgan fingerprint density at radius 2 is 1.84 bits per heavy atom. The summed E-state index contributed by atoms with van der Waals surface area (Å²) in [5.41, 5.74) is 0.0650. The average molecular weight is 520 g/mol. The number of benzene rings is 3. The van der Waals surface area contributed by atoms with E-state index in [1.54, 1.807) is 42.5 Å². The topological polar surface area (TPSA) is 168 Å². The monoisotopic (exact) mass is 519 g/mol. The highest BCUT2D eigenvalue weighted by Crippen LogP contribution is 2.18. The summed E-state index contributed by atoms with van der Waals surface area (Å²) in [4.78, 5) is 32.0. The normalized spacial score (nSPS) is 13.1. The number of non-ortho nitro benzene ring substituents is 1. The van der Waals surface area contributed by atoms with Crippen LogP contribution in [0.1, 0.15) is 16.8 Å². The Hall–Kier alpha value is -4.68. The van der Waals surface area contributed by atoms with Crippen molar-refractivity contribution in [3.63, 3.8) is 0 Å². The molecule has 0 saturated carbocycles. The summed E-state index contributed by atoms with van der Waals surface area (Å²) in [6.07, 6.45) is 1.37. The van der Waals surface area contributed by atoms with Crippen LogP contribution >= 0.6 is 0 Å². The molecule has 0 radical (unpaired) electrons. The van der Waals surface area contributed by atoms with Gasteiger partial charge in [0.1, 0.15) is 11.8 Å². The van der Waals surface area contributed by atoms with Crippen molar-refractivity contribution in [1.29, 1.82) is 0 Å². The number of aryl methyl sites for hydroxylation is 1. The predicted octanol–water partition coefficient (Wildman–Crippen LogP) is 2.90. The second kappa shape index (κ2) is 10.5. The number of nitro benzene ring substituents is 1. The number of aliphatic hydroxyl groups excluding tert-OH is 1. The predicted molar refractivity (Wildman–Crippen MR) is 139 cm³/mol. The molecule has 0 aliphatic heterocycles. The number of nitrogens with one attached hydrogen (secondary N) is 2. The first-order valence-electron chi connectivity index (χ1n) is 10.9. The van der Waals surface area contributed by atoms with Gasteiger partial charge in [0.25, 0.3) is 21.3 Å². The minimum Gasteiger partial charge on any atom is -0.382 e. The van der Waals surface area contributed by atoms with Gasteiger partial charge in [0.05, 0.1) is 20.9 Å². The maximum absolute atomic E-state index is 12.9. The first-order valence-corrected chi connectivity index (χ1v) is 12.4. The van der Waals surface area contributed by atoms with E-state index in [9.17, 15) is 28.4 Å². The molecule has 188 valence electrons. The van der Waals surface area contributed by atoms with Crippen LogP contribution in [-0.2, 0) is 10.0 Å². The highest BCUT2D eigenvalue weighted by atomic mass is 32.2. The van der Waals surface area contributed by atoms with Crippen LogP contribution in [0.15, 0.2) is 93.7 Å². The number of nitrogens with zero attached hydrogens (tertiary/aromatic N) is 3. The lowest BCUT2D eigenvalue weighted by atomic mass is 10.1. The van der Waals surface area contributed by atoms with Crippen LogP contribution in [0.3, 0.4) is 0 Å². The van der Waals surface area contributed by atoms with Crippen molar-refractivity contribution in [3.05, 3.63) is 116 Å². The molecule has 3 N–H and O–H groups in total. The fourth-order valence-electron chi connectivity index (χ4n) is 3.36. The van der Waals surface area contributed by atoms with Gasteiger partial charge in [-0.25, -0.2) is 4.98 Å². The Kier molecular flexibility index (Phi) is 7.22. The molecule has 0 fully saturated rings. The van der Waals surface area contributed by atoms with Crippen molar-refractivity contribution < 1.29 is 18.4 Å². The first kappa shape index (κ1) is 25.4. The van der Waals surface area contributed by atoms with Crippen LogP contribution in [0, 0.1) is 17.0 Å². The van der Waals surface area contributed by atoms with Crippen molar-refractivity contribution in [3.8, 4) is 0 Å². The number of aromatic nitrogens is 2. The molecular formula is C25H21N5O6S. The van der Waals surface area contributed by atoms with Gasteiger partial charge in [-0.2, -0.15) is 18.4 Å². The van der Waals surface area contributed by atoms with E-state index in [0.29, 0.717) is 0 Å². The third kappa shape index (κ3) is 5.94. The standard InChI is InChI=1S/C25H21N5O6S/c1-16-7-11-19(12-8-16)37(35,36)29-28-23(22(31)14-9-17-5-3-2-4-6-17)24-25(32)27-21-15-18(30(33)34)10-13-20(21)26-24/h2-15,22,29,31H,1H3,(H,27,32)/b14-9+,28-23-/t22-/m0/s1. The van der Waals surface area contributed by atoms with E-state index < -0.39 is 26.6 Å². The number of nitro groups is 1. The van der Waals surface area contributed by atoms with Gasteiger partial charge >= 0.3 is 0 Å². The molecular weight excluding hydrogens is 498 g/mol. The Morgan fingerprint density at radius 1 is 1.14 bits per heavy atom. The van der Waals surface area contributed by atoms with Crippen LogP contribution < -0.4 is 10.4 Å². The summed E-state index contributed by atoms with van der Waals surface area (Å²) in [6, 6.07) is 18.7. The lowest BCUT2D eigenvalue weighted by Crippen LogP contribution is -2.32. The highest BCUT2D eigenvalue weighted by molar-refractivity contribution is 7.89. The number of fused-ring (bicyclic) bond motifs is 1. The molecule has 3 aromatic carbocycles. The van der Waals surface area contributed by atoms with Gasteiger partial charge in [-0.1, -0.05) is 54.1 Å². The minimum absolute atomic E-state index is 0.0665. The van der Waals surface area contributed by atoms with Gasteiger partial charge in [0.2, 0.25) is 0 Å². The van der Waals surface area contributed by atoms with Crippen LogP contribution in [0.25, 0.3) is 17.1 Å². The molecule has 0 saturated heterocycles. The second-order valence-electron chi connectivity index (χ2n) is 7.99. The smallest absolute Gasteiger partial charge is 0.276 e. The number of rotatable bonds is 8. The van der Waals surface area contributed by atoms with E-state index in [0.717, 1.165) is 17.2 Å². The summed E-state index contributed by atoms with van der Waals surface area (Å²) >= 11 is 0. The molecule has 37 heavy (non-hydrogen) atoms. The number of aliphatic hydroxyl groups is 1. The van der Waals surface area contributed by atoms with Crippen molar-refractivity contribution in [2.45, 2.75) is 17.9 Å².